The van der Waals surface area contributed by atoms with Crippen molar-refractivity contribution in [1.29, 1.82) is 0 Å². The monoisotopic (exact) mass is 415 g/mol. The first-order valence-electron chi connectivity index (χ1n) is 8.85. The van der Waals surface area contributed by atoms with Crippen LogP contribution >= 0.6 is 11.6 Å². The lowest BCUT2D eigenvalue weighted by Crippen LogP contribution is -2.26. The SMILES string of the molecule is CC(C)(C)n1nc(C(=O)Nc2cc(Cl)ccc2OCC(F)(F)F)cc1C1CC1. The summed E-state index contributed by atoms with van der Waals surface area (Å²) in [4.78, 5) is 12.7. The summed E-state index contributed by atoms with van der Waals surface area (Å²) in [5.74, 6) is -0.276. The van der Waals surface area contributed by atoms with Crippen molar-refractivity contribution >= 4 is 23.2 Å². The zero-order valence-electron chi connectivity index (χ0n) is 15.7. The Morgan fingerprint density at radius 2 is 1.96 bits per heavy atom. The topological polar surface area (TPSA) is 56.2 Å². The van der Waals surface area contributed by atoms with Crippen molar-refractivity contribution in [2.75, 3.05) is 11.9 Å². The number of aromatic nitrogens is 2. The summed E-state index contributed by atoms with van der Waals surface area (Å²) >= 11 is 5.93. The quantitative estimate of drug-likeness (QED) is 0.715. The number of carbonyl (C=O) groups excluding carboxylic acids is 1. The van der Waals surface area contributed by atoms with Crippen LogP contribution in [-0.2, 0) is 5.54 Å². The molecule has 1 heterocycles. The van der Waals surface area contributed by atoms with Gasteiger partial charge in [-0.1, -0.05) is 11.6 Å². The predicted molar refractivity (Wildman–Crippen MR) is 100 cm³/mol. The highest BCUT2D eigenvalue weighted by molar-refractivity contribution is 6.31. The van der Waals surface area contributed by atoms with Gasteiger partial charge in [-0.25, -0.2) is 0 Å². The minimum atomic E-state index is -4.49. The van der Waals surface area contributed by atoms with E-state index in [0.717, 1.165) is 18.5 Å². The summed E-state index contributed by atoms with van der Waals surface area (Å²) in [6, 6.07) is 5.75. The van der Waals surface area contributed by atoms with Crippen LogP contribution < -0.4 is 10.1 Å². The second-order valence-electron chi connectivity index (χ2n) is 7.81. The highest BCUT2D eigenvalue weighted by Crippen LogP contribution is 2.42. The van der Waals surface area contributed by atoms with Crippen LogP contribution in [0.15, 0.2) is 24.3 Å². The Bertz CT molecular complexity index is 884. The van der Waals surface area contributed by atoms with E-state index in [1.807, 2.05) is 25.5 Å². The van der Waals surface area contributed by atoms with Gasteiger partial charge in [0.15, 0.2) is 12.3 Å². The molecule has 1 saturated carbocycles. The van der Waals surface area contributed by atoms with Crippen LogP contribution in [0.3, 0.4) is 0 Å². The molecule has 5 nitrogen and oxygen atoms in total. The molecule has 0 radical (unpaired) electrons. The molecule has 0 atom stereocenters. The van der Waals surface area contributed by atoms with Crippen LogP contribution in [0.4, 0.5) is 18.9 Å². The van der Waals surface area contributed by atoms with Gasteiger partial charge >= 0.3 is 6.18 Å². The largest absolute Gasteiger partial charge is 0.482 e. The maximum absolute atomic E-state index is 12.7. The van der Waals surface area contributed by atoms with Crippen molar-refractivity contribution in [2.24, 2.45) is 0 Å². The van der Waals surface area contributed by atoms with Gasteiger partial charge in [-0.2, -0.15) is 18.3 Å². The number of hydrogen-bond donors (Lipinski definition) is 1. The lowest BCUT2D eigenvalue weighted by Gasteiger charge is -2.22. The highest BCUT2D eigenvalue weighted by atomic mass is 35.5. The molecule has 1 fully saturated rings. The van der Waals surface area contributed by atoms with Crippen molar-refractivity contribution in [1.82, 2.24) is 9.78 Å². The molecule has 28 heavy (non-hydrogen) atoms. The molecule has 1 aliphatic carbocycles. The van der Waals surface area contributed by atoms with Crippen LogP contribution in [0.25, 0.3) is 0 Å². The molecule has 1 aromatic carbocycles. The number of benzene rings is 1. The number of hydrogen-bond acceptors (Lipinski definition) is 3. The fraction of sp³-hybridized carbons (Fsp3) is 0.474. The molecule has 0 spiro atoms. The van der Waals surface area contributed by atoms with Gasteiger partial charge in [0.2, 0.25) is 0 Å². The molecule has 0 bridgehead atoms. The third-order valence-electron chi connectivity index (χ3n) is 4.18. The van der Waals surface area contributed by atoms with Gasteiger partial charge in [0.1, 0.15) is 5.75 Å². The molecule has 1 aromatic heterocycles. The normalized spacial score (nSPS) is 14.8. The lowest BCUT2D eigenvalue weighted by atomic mass is 10.1. The Balaban J connectivity index is 1.84. The number of amides is 1. The molecule has 9 heteroatoms. The number of carbonyl (C=O) groups is 1. The number of ether oxygens (including phenoxy) is 1. The summed E-state index contributed by atoms with van der Waals surface area (Å²) in [6.07, 6.45) is -2.40. The number of rotatable bonds is 5. The van der Waals surface area contributed by atoms with Gasteiger partial charge in [-0.3, -0.25) is 9.48 Å². The van der Waals surface area contributed by atoms with Gasteiger partial charge in [0.05, 0.1) is 11.2 Å². The number of nitrogens with zero attached hydrogens (tertiary/aromatic N) is 2. The van der Waals surface area contributed by atoms with E-state index >= 15 is 0 Å². The van der Waals surface area contributed by atoms with Gasteiger partial charge < -0.3 is 10.1 Å². The molecule has 0 saturated heterocycles. The molecule has 2 aromatic rings. The first-order chi connectivity index (χ1) is 12.9. The minimum Gasteiger partial charge on any atom is -0.482 e. The van der Waals surface area contributed by atoms with Crippen molar-refractivity contribution in [3.63, 3.8) is 0 Å². The molecular weight excluding hydrogens is 395 g/mol. The fourth-order valence-corrected chi connectivity index (χ4v) is 2.96. The molecule has 1 amide bonds. The number of anilines is 1. The van der Waals surface area contributed by atoms with Gasteiger partial charge in [0.25, 0.3) is 5.91 Å². The molecule has 0 unspecified atom stereocenters. The summed E-state index contributed by atoms with van der Waals surface area (Å²) in [5, 5.41) is 7.25. The molecule has 152 valence electrons. The van der Waals surface area contributed by atoms with Crippen LogP contribution in [0.1, 0.15) is 55.7 Å². The fourth-order valence-electron chi connectivity index (χ4n) is 2.79. The number of nitrogens with one attached hydrogen (secondary N) is 1. The summed E-state index contributed by atoms with van der Waals surface area (Å²) in [6.45, 7) is 4.51. The minimum absolute atomic E-state index is 0.0556. The maximum atomic E-state index is 12.7. The zero-order chi connectivity index (χ0) is 20.7. The van der Waals surface area contributed by atoms with E-state index in [1.165, 1.54) is 18.2 Å². The van der Waals surface area contributed by atoms with Crippen molar-refractivity contribution in [2.45, 2.75) is 51.2 Å². The van der Waals surface area contributed by atoms with E-state index in [-0.39, 0.29) is 27.7 Å². The van der Waals surface area contributed by atoms with E-state index in [1.54, 1.807) is 6.07 Å². The first kappa shape index (κ1) is 20.5. The molecule has 3 rings (SSSR count). The van der Waals surface area contributed by atoms with Crippen LogP contribution in [0.5, 0.6) is 5.75 Å². The van der Waals surface area contributed by atoms with Gasteiger partial charge in [0, 0.05) is 16.6 Å². The molecule has 1 N–H and O–H groups in total. The third-order valence-corrected chi connectivity index (χ3v) is 4.42. The Morgan fingerprint density at radius 1 is 1.29 bits per heavy atom. The molecular formula is C19H21ClF3N3O2. The van der Waals surface area contributed by atoms with Crippen LogP contribution in [0.2, 0.25) is 5.02 Å². The van der Waals surface area contributed by atoms with Crippen LogP contribution in [-0.4, -0.2) is 28.5 Å². The van der Waals surface area contributed by atoms with Crippen molar-refractivity contribution < 1.29 is 22.7 Å². The van der Waals surface area contributed by atoms with Gasteiger partial charge in [-0.15, -0.1) is 0 Å². The number of alkyl halides is 3. The van der Waals surface area contributed by atoms with Crippen molar-refractivity contribution in [3.05, 3.63) is 40.7 Å². The summed E-state index contributed by atoms with van der Waals surface area (Å²) in [5.41, 5.74) is 0.934. The smallest absolute Gasteiger partial charge is 0.422 e. The highest BCUT2D eigenvalue weighted by Gasteiger charge is 2.33. The lowest BCUT2D eigenvalue weighted by molar-refractivity contribution is -0.153. The number of halogens is 4. The second kappa shape index (κ2) is 7.31. The average Bonchev–Trinajstić information content (AvgIpc) is 3.30. The Hall–Kier alpha value is -2.22. The predicted octanol–water partition coefficient (Wildman–Crippen LogP) is 5.36. The molecule has 1 aliphatic rings. The Labute approximate surface area is 165 Å². The molecule has 0 aliphatic heterocycles. The Morgan fingerprint density at radius 3 is 2.54 bits per heavy atom. The van der Waals surface area contributed by atoms with Gasteiger partial charge in [-0.05, 0) is 57.9 Å². The second-order valence-corrected chi connectivity index (χ2v) is 8.25. The van der Waals surface area contributed by atoms with Crippen molar-refractivity contribution in [3.8, 4) is 5.75 Å². The van der Waals surface area contributed by atoms with E-state index in [4.69, 9.17) is 16.3 Å². The van der Waals surface area contributed by atoms with E-state index in [2.05, 4.69) is 10.4 Å². The van der Waals surface area contributed by atoms with E-state index in [9.17, 15) is 18.0 Å². The first-order valence-corrected chi connectivity index (χ1v) is 9.23. The van der Waals surface area contributed by atoms with E-state index in [0.29, 0.717) is 5.92 Å². The van der Waals surface area contributed by atoms with E-state index < -0.39 is 18.7 Å². The summed E-state index contributed by atoms with van der Waals surface area (Å²) < 4.78 is 44.0. The standard InChI is InChI=1S/C19H21ClF3N3O2/c1-18(2,3)26-15(11-4-5-11)9-14(25-26)17(27)24-13-8-12(20)6-7-16(13)28-10-19(21,22)23/h6-9,11H,4-5,10H2,1-3H3,(H,24,27). The summed E-state index contributed by atoms with van der Waals surface area (Å²) in [7, 11) is 0. The maximum Gasteiger partial charge on any atom is 0.422 e. The zero-order valence-corrected chi connectivity index (χ0v) is 16.5. The Kier molecular flexibility index (Phi) is 5.36. The van der Waals surface area contributed by atoms with Crippen LogP contribution in [0, 0.1) is 0 Å². The average molecular weight is 416 g/mol. The third kappa shape index (κ3) is 4.98.